The molecule has 1 aliphatic heterocycles. The van der Waals surface area contributed by atoms with E-state index in [9.17, 15) is 9.59 Å². The lowest BCUT2D eigenvalue weighted by Gasteiger charge is -2.38. The van der Waals surface area contributed by atoms with Gasteiger partial charge in [-0.2, -0.15) is 0 Å². The van der Waals surface area contributed by atoms with Crippen LogP contribution in [0.5, 0.6) is 0 Å². The molecule has 0 saturated carbocycles. The monoisotopic (exact) mass is 399 g/mol. The summed E-state index contributed by atoms with van der Waals surface area (Å²) in [4.78, 5) is 25.2. The van der Waals surface area contributed by atoms with E-state index < -0.39 is 5.97 Å². The summed E-state index contributed by atoms with van der Waals surface area (Å²) >= 11 is 0. The van der Waals surface area contributed by atoms with E-state index in [-0.39, 0.29) is 23.5 Å². The third-order valence-corrected chi connectivity index (χ3v) is 6.10. The second-order valence-corrected chi connectivity index (χ2v) is 7.83. The van der Waals surface area contributed by atoms with E-state index in [1.165, 1.54) is 22.3 Å². The van der Waals surface area contributed by atoms with Crippen molar-refractivity contribution < 1.29 is 19.4 Å². The number of likely N-dealkylation sites (tertiary alicyclic amines) is 1. The number of carbonyl (C=O) groups excluding carboxylic acids is 1. The van der Waals surface area contributed by atoms with Crippen LogP contribution in [-0.4, -0.2) is 41.8 Å². The number of aromatic carboxylic acids is 1. The van der Waals surface area contributed by atoms with Gasteiger partial charge in [0, 0.05) is 24.9 Å². The molecule has 0 spiro atoms. The molecule has 3 aromatic rings. The Balaban J connectivity index is 1.21. The van der Waals surface area contributed by atoms with Gasteiger partial charge < -0.3 is 14.7 Å². The second-order valence-electron chi connectivity index (χ2n) is 7.83. The molecule has 5 nitrogen and oxygen atoms in total. The maximum Gasteiger partial charge on any atom is 0.409 e. The van der Waals surface area contributed by atoms with Crippen molar-refractivity contribution in [2.45, 2.75) is 11.8 Å². The maximum atomic E-state index is 12.6. The first-order chi connectivity index (χ1) is 14.6. The van der Waals surface area contributed by atoms with Gasteiger partial charge in [0.1, 0.15) is 6.61 Å². The first-order valence-corrected chi connectivity index (χ1v) is 10.0. The highest BCUT2D eigenvalue weighted by molar-refractivity contribution is 5.87. The number of carboxylic acids is 1. The van der Waals surface area contributed by atoms with Gasteiger partial charge in [-0.3, -0.25) is 0 Å². The van der Waals surface area contributed by atoms with Crippen molar-refractivity contribution in [1.82, 2.24) is 4.90 Å². The van der Waals surface area contributed by atoms with Gasteiger partial charge in [-0.25, -0.2) is 9.59 Å². The van der Waals surface area contributed by atoms with Crippen molar-refractivity contribution in [2.24, 2.45) is 0 Å². The molecule has 1 heterocycles. The van der Waals surface area contributed by atoms with E-state index in [4.69, 9.17) is 9.84 Å². The van der Waals surface area contributed by atoms with E-state index in [0.717, 1.165) is 5.56 Å². The fourth-order valence-electron chi connectivity index (χ4n) is 4.42. The molecule has 30 heavy (non-hydrogen) atoms. The number of nitrogens with zero attached hydrogens (tertiary/aromatic N) is 1. The van der Waals surface area contributed by atoms with E-state index in [1.54, 1.807) is 17.0 Å². The van der Waals surface area contributed by atoms with Crippen LogP contribution in [0.2, 0.25) is 0 Å². The number of fused-ring (bicyclic) bond motifs is 3. The van der Waals surface area contributed by atoms with Gasteiger partial charge in [-0.1, -0.05) is 60.7 Å². The van der Waals surface area contributed by atoms with Crippen LogP contribution in [0.1, 0.15) is 38.9 Å². The Labute approximate surface area is 174 Å². The molecule has 1 N–H and O–H groups in total. The lowest BCUT2D eigenvalue weighted by Crippen LogP contribution is -2.48. The molecule has 0 unspecified atom stereocenters. The third-order valence-electron chi connectivity index (χ3n) is 6.10. The largest absolute Gasteiger partial charge is 0.478 e. The Bertz CT molecular complexity index is 1070. The standard InChI is InChI=1S/C25H21NO4/c27-24(28)17-11-9-16(10-12-17)18-13-26(14-18)25(29)30-15-23-21-7-3-1-5-19(21)20-6-2-4-8-22(20)23/h1-12,18,23H,13-15H2,(H,27,28). The highest BCUT2D eigenvalue weighted by Gasteiger charge is 2.34. The van der Waals surface area contributed by atoms with E-state index in [0.29, 0.717) is 19.7 Å². The highest BCUT2D eigenvalue weighted by atomic mass is 16.6. The van der Waals surface area contributed by atoms with Gasteiger partial charge in [0.15, 0.2) is 0 Å². The van der Waals surface area contributed by atoms with Gasteiger partial charge in [-0.05, 0) is 39.9 Å². The summed E-state index contributed by atoms with van der Waals surface area (Å²) in [6, 6.07) is 23.4. The predicted molar refractivity (Wildman–Crippen MR) is 113 cm³/mol. The van der Waals surface area contributed by atoms with Gasteiger partial charge in [0.2, 0.25) is 0 Å². The number of carboxylic acid groups (broad SMARTS) is 1. The second kappa shape index (κ2) is 7.34. The zero-order valence-electron chi connectivity index (χ0n) is 16.3. The maximum absolute atomic E-state index is 12.6. The first kappa shape index (κ1) is 18.4. The highest BCUT2D eigenvalue weighted by Crippen LogP contribution is 2.44. The van der Waals surface area contributed by atoms with Crippen molar-refractivity contribution in [3.05, 3.63) is 95.1 Å². The van der Waals surface area contributed by atoms with Crippen LogP contribution in [0.15, 0.2) is 72.8 Å². The van der Waals surface area contributed by atoms with Gasteiger partial charge >= 0.3 is 12.1 Å². The van der Waals surface area contributed by atoms with Crippen molar-refractivity contribution in [3.63, 3.8) is 0 Å². The van der Waals surface area contributed by atoms with Crippen molar-refractivity contribution >= 4 is 12.1 Å². The van der Waals surface area contributed by atoms with E-state index in [1.807, 2.05) is 36.4 Å². The van der Waals surface area contributed by atoms with Gasteiger partial charge in [-0.15, -0.1) is 0 Å². The lowest BCUT2D eigenvalue weighted by atomic mass is 9.91. The molecule has 1 fully saturated rings. The Hall–Kier alpha value is -3.60. The average Bonchev–Trinajstić information content (AvgIpc) is 3.05. The number of amides is 1. The molecule has 0 bridgehead atoms. The summed E-state index contributed by atoms with van der Waals surface area (Å²) in [6.45, 7) is 1.49. The van der Waals surface area contributed by atoms with Crippen LogP contribution in [-0.2, 0) is 4.74 Å². The molecule has 150 valence electrons. The zero-order valence-corrected chi connectivity index (χ0v) is 16.3. The van der Waals surface area contributed by atoms with Crippen molar-refractivity contribution in [2.75, 3.05) is 19.7 Å². The molecule has 0 radical (unpaired) electrons. The number of carbonyl (C=O) groups is 2. The normalized spacial score (nSPS) is 15.3. The molecule has 1 saturated heterocycles. The Morgan fingerprint density at radius 1 is 0.867 bits per heavy atom. The summed E-state index contributed by atoms with van der Waals surface area (Å²) in [5.74, 6) is -0.661. The zero-order chi connectivity index (χ0) is 20.7. The minimum Gasteiger partial charge on any atom is -0.478 e. The minimum atomic E-state index is -0.935. The van der Waals surface area contributed by atoms with Crippen LogP contribution in [0.25, 0.3) is 11.1 Å². The molecular weight excluding hydrogens is 378 g/mol. The van der Waals surface area contributed by atoms with E-state index >= 15 is 0 Å². The van der Waals surface area contributed by atoms with Crippen molar-refractivity contribution in [3.8, 4) is 11.1 Å². The number of ether oxygens (including phenoxy) is 1. The Morgan fingerprint density at radius 3 is 2.00 bits per heavy atom. The smallest absolute Gasteiger partial charge is 0.409 e. The van der Waals surface area contributed by atoms with Crippen LogP contribution in [0.4, 0.5) is 4.79 Å². The number of hydrogen-bond acceptors (Lipinski definition) is 3. The summed E-state index contributed by atoms with van der Waals surface area (Å²) in [5.41, 5.74) is 6.14. The third kappa shape index (κ3) is 3.12. The topological polar surface area (TPSA) is 66.8 Å². The molecule has 2 aliphatic rings. The van der Waals surface area contributed by atoms with Crippen LogP contribution in [0, 0.1) is 0 Å². The van der Waals surface area contributed by atoms with Crippen molar-refractivity contribution in [1.29, 1.82) is 0 Å². The number of benzene rings is 3. The number of rotatable bonds is 4. The molecular formula is C25H21NO4. The fraction of sp³-hybridized carbons (Fsp3) is 0.200. The predicted octanol–water partition coefficient (Wildman–Crippen LogP) is 4.73. The molecule has 0 atom stereocenters. The Kier molecular flexibility index (Phi) is 4.51. The quantitative estimate of drug-likeness (QED) is 0.689. The minimum absolute atomic E-state index is 0.0574. The fourth-order valence-corrected chi connectivity index (χ4v) is 4.42. The molecule has 1 amide bonds. The first-order valence-electron chi connectivity index (χ1n) is 10.0. The molecule has 0 aromatic heterocycles. The van der Waals surface area contributed by atoms with Gasteiger partial charge in [0.05, 0.1) is 5.56 Å². The average molecular weight is 399 g/mol. The summed E-state index contributed by atoms with van der Waals surface area (Å²) in [6.07, 6.45) is -0.296. The summed E-state index contributed by atoms with van der Waals surface area (Å²) in [5, 5.41) is 9.00. The molecule has 5 rings (SSSR count). The molecule has 1 aliphatic carbocycles. The van der Waals surface area contributed by atoms with Gasteiger partial charge in [0.25, 0.3) is 0 Å². The molecule has 5 heteroatoms. The lowest BCUT2D eigenvalue weighted by molar-refractivity contribution is 0.0693. The number of hydrogen-bond donors (Lipinski definition) is 1. The van der Waals surface area contributed by atoms with Crippen LogP contribution >= 0.6 is 0 Å². The summed E-state index contributed by atoms with van der Waals surface area (Å²) < 4.78 is 5.69. The Morgan fingerprint density at radius 2 is 1.43 bits per heavy atom. The summed E-state index contributed by atoms with van der Waals surface area (Å²) in [7, 11) is 0. The van der Waals surface area contributed by atoms with E-state index in [2.05, 4.69) is 24.3 Å². The van der Waals surface area contributed by atoms with Crippen LogP contribution in [0.3, 0.4) is 0 Å². The SMILES string of the molecule is O=C(O)c1ccc(C2CN(C(=O)OCC3c4ccccc4-c4ccccc43)C2)cc1. The van der Waals surface area contributed by atoms with Crippen LogP contribution < -0.4 is 0 Å². The molecule has 3 aromatic carbocycles.